The molecule has 0 radical (unpaired) electrons. The molecule has 1 rings (SSSR count). The summed E-state index contributed by atoms with van der Waals surface area (Å²) in [6.45, 7) is 5.32. The van der Waals surface area contributed by atoms with Crippen molar-refractivity contribution < 1.29 is 5.21 Å². The highest BCUT2D eigenvalue weighted by Gasteiger charge is 2.21. The molecule has 17 heavy (non-hydrogen) atoms. The molecule has 0 spiro atoms. The SMILES string of the molecule is CCC1CCC(CNC(CC)C(N)=NO)CC1. The Morgan fingerprint density at radius 3 is 2.35 bits per heavy atom. The van der Waals surface area contributed by atoms with Gasteiger partial charge in [-0.1, -0.05) is 38.3 Å². The first-order chi connectivity index (χ1) is 8.21. The second-order valence-electron chi connectivity index (χ2n) is 5.19. The molecule has 100 valence electrons. The standard InChI is InChI=1S/C13H27N3O/c1-3-10-5-7-11(8-6-10)9-15-12(4-2)13(14)16-17/h10-12,15,17H,3-9H2,1-2H3,(H2,14,16). The molecule has 0 saturated heterocycles. The molecule has 0 aromatic rings. The Morgan fingerprint density at radius 2 is 1.88 bits per heavy atom. The van der Waals surface area contributed by atoms with Crippen molar-refractivity contribution in [2.24, 2.45) is 22.7 Å². The summed E-state index contributed by atoms with van der Waals surface area (Å²) in [6.07, 6.45) is 7.55. The fourth-order valence-corrected chi connectivity index (χ4v) is 2.68. The lowest BCUT2D eigenvalue weighted by atomic mass is 9.81. The van der Waals surface area contributed by atoms with Crippen LogP contribution in [0.1, 0.15) is 52.4 Å². The Hall–Kier alpha value is -0.770. The average molecular weight is 241 g/mol. The van der Waals surface area contributed by atoms with Gasteiger partial charge in [-0.25, -0.2) is 0 Å². The predicted octanol–water partition coefficient (Wildman–Crippen LogP) is 2.32. The van der Waals surface area contributed by atoms with E-state index >= 15 is 0 Å². The minimum atomic E-state index is 0.0175. The number of amidine groups is 1. The molecule has 0 bridgehead atoms. The maximum Gasteiger partial charge on any atom is 0.156 e. The van der Waals surface area contributed by atoms with Crippen molar-refractivity contribution in [1.29, 1.82) is 0 Å². The summed E-state index contributed by atoms with van der Waals surface area (Å²) in [5, 5.41) is 15.2. The van der Waals surface area contributed by atoms with Crippen molar-refractivity contribution in [1.82, 2.24) is 5.32 Å². The van der Waals surface area contributed by atoms with E-state index < -0.39 is 0 Å². The Labute approximate surface area is 105 Å². The van der Waals surface area contributed by atoms with E-state index in [0.29, 0.717) is 5.84 Å². The highest BCUT2D eigenvalue weighted by Crippen LogP contribution is 2.30. The number of nitrogens with one attached hydrogen (secondary N) is 1. The topological polar surface area (TPSA) is 70.6 Å². The van der Waals surface area contributed by atoms with Crippen LogP contribution < -0.4 is 11.1 Å². The van der Waals surface area contributed by atoms with E-state index in [0.717, 1.165) is 24.8 Å². The fourth-order valence-electron chi connectivity index (χ4n) is 2.68. The molecule has 0 amide bonds. The van der Waals surface area contributed by atoms with Crippen molar-refractivity contribution in [2.45, 2.75) is 58.4 Å². The van der Waals surface area contributed by atoms with Gasteiger partial charge in [0.2, 0.25) is 0 Å². The molecule has 0 aliphatic heterocycles. The quantitative estimate of drug-likeness (QED) is 0.289. The van der Waals surface area contributed by atoms with Crippen LogP contribution in [-0.4, -0.2) is 23.6 Å². The van der Waals surface area contributed by atoms with Gasteiger partial charge in [-0.2, -0.15) is 0 Å². The van der Waals surface area contributed by atoms with Gasteiger partial charge in [-0.15, -0.1) is 0 Å². The molecule has 0 aromatic heterocycles. The molecule has 4 heteroatoms. The van der Waals surface area contributed by atoms with Gasteiger partial charge in [-0.3, -0.25) is 0 Å². The normalized spacial score (nSPS) is 28.0. The molecule has 1 fully saturated rings. The zero-order valence-corrected chi connectivity index (χ0v) is 11.2. The molecule has 1 aliphatic carbocycles. The summed E-state index contributed by atoms with van der Waals surface area (Å²) in [4.78, 5) is 0. The van der Waals surface area contributed by atoms with E-state index in [1.165, 1.54) is 32.1 Å². The van der Waals surface area contributed by atoms with Crippen molar-refractivity contribution in [3.63, 3.8) is 0 Å². The zero-order chi connectivity index (χ0) is 12.7. The summed E-state index contributed by atoms with van der Waals surface area (Å²) in [5.74, 6) is 2.00. The number of oxime groups is 1. The maximum absolute atomic E-state index is 8.66. The van der Waals surface area contributed by atoms with Gasteiger partial charge < -0.3 is 16.3 Å². The predicted molar refractivity (Wildman–Crippen MR) is 71.2 cm³/mol. The molecule has 1 unspecified atom stereocenters. The molecule has 1 aliphatic rings. The lowest BCUT2D eigenvalue weighted by Crippen LogP contribution is -2.43. The van der Waals surface area contributed by atoms with Crippen LogP contribution in [0.2, 0.25) is 0 Å². The van der Waals surface area contributed by atoms with Gasteiger partial charge in [0.05, 0.1) is 6.04 Å². The highest BCUT2D eigenvalue weighted by molar-refractivity contribution is 5.85. The van der Waals surface area contributed by atoms with Gasteiger partial charge in [0, 0.05) is 0 Å². The van der Waals surface area contributed by atoms with Crippen LogP contribution in [0.15, 0.2) is 5.16 Å². The Bertz CT molecular complexity index is 235. The zero-order valence-electron chi connectivity index (χ0n) is 11.2. The van der Waals surface area contributed by atoms with Crippen LogP contribution in [-0.2, 0) is 0 Å². The van der Waals surface area contributed by atoms with Gasteiger partial charge in [0.25, 0.3) is 0 Å². The number of rotatable bonds is 6. The summed E-state index contributed by atoms with van der Waals surface area (Å²) >= 11 is 0. The molecule has 0 aromatic carbocycles. The summed E-state index contributed by atoms with van der Waals surface area (Å²) in [5.41, 5.74) is 5.62. The third kappa shape index (κ3) is 4.54. The molecule has 1 atom stereocenters. The van der Waals surface area contributed by atoms with Gasteiger partial charge >= 0.3 is 0 Å². The van der Waals surface area contributed by atoms with Gasteiger partial charge in [-0.05, 0) is 37.6 Å². The third-order valence-corrected chi connectivity index (χ3v) is 4.08. The Morgan fingerprint density at radius 1 is 1.29 bits per heavy atom. The largest absolute Gasteiger partial charge is 0.409 e. The molecule has 0 heterocycles. The molecular formula is C13H27N3O. The molecule has 1 saturated carbocycles. The lowest BCUT2D eigenvalue weighted by molar-refractivity contribution is 0.259. The average Bonchev–Trinajstić information content (AvgIpc) is 2.39. The number of hydrogen-bond donors (Lipinski definition) is 3. The van der Waals surface area contributed by atoms with Gasteiger partial charge in [0.15, 0.2) is 5.84 Å². The van der Waals surface area contributed by atoms with Crippen molar-refractivity contribution in [3.05, 3.63) is 0 Å². The lowest BCUT2D eigenvalue weighted by Gasteiger charge is -2.29. The van der Waals surface area contributed by atoms with Crippen LogP contribution in [0.25, 0.3) is 0 Å². The van der Waals surface area contributed by atoms with Crippen LogP contribution in [0.4, 0.5) is 0 Å². The van der Waals surface area contributed by atoms with E-state index in [9.17, 15) is 0 Å². The van der Waals surface area contributed by atoms with Crippen molar-refractivity contribution >= 4 is 5.84 Å². The van der Waals surface area contributed by atoms with Crippen LogP contribution in [0.5, 0.6) is 0 Å². The van der Waals surface area contributed by atoms with Gasteiger partial charge in [0.1, 0.15) is 0 Å². The van der Waals surface area contributed by atoms with Crippen LogP contribution in [0, 0.1) is 11.8 Å². The first kappa shape index (κ1) is 14.3. The van der Waals surface area contributed by atoms with Crippen LogP contribution in [0.3, 0.4) is 0 Å². The highest BCUT2D eigenvalue weighted by atomic mass is 16.4. The van der Waals surface area contributed by atoms with E-state index in [1.807, 2.05) is 6.92 Å². The smallest absolute Gasteiger partial charge is 0.156 e. The van der Waals surface area contributed by atoms with Crippen LogP contribution >= 0.6 is 0 Å². The minimum Gasteiger partial charge on any atom is -0.409 e. The second-order valence-corrected chi connectivity index (χ2v) is 5.19. The summed E-state index contributed by atoms with van der Waals surface area (Å²) < 4.78 is 0. The first-order valence-corrected chi connectivity index (χ1v) is 6.92. The maximum atomic E-state index is 8.66. The summed E-state index contributed by atoms with van der Waals surface area (Å²) in [7, 11) is 0. The number of nitrogens with two attached hydrogens (primary N) is 1. The monoisotopic (exact) mass is 241 g/mol. The fraction of sp³-hybridized carbons (Fsp3) is 0.923. The first-order valence-electron chi connectivity index (χ1n) is 6.92. The number of nitrogens with zero attached hydrogens (tertiary/aromatic N) is 1. The Kier molecular flexibility index (Phi) is 6.34. The molecular weight excluding hydrogens is 214 g/mol. The van der Waals surface area contributed by atoms with E-state index in [4.69, 9.17) is 10.9 Å². The van der Waals surface area contributed by atoms with Crippen molar-refractivity contribution in [3.8, 4) is 0 Å². The molecule has 4 nitrogen and oxygen atoms in total. The Balaban J connectivity index is 2.26. The summed E-state index contributed by atoms with van der Waals surface area (Å²) in [6, 6.07) is 0.0175. The van der Waals surface area contributed by atoms with E-state index in [2.05, 4.69) is 17.4 Å². The van der Waals surface area contributed by atoms with E-state index in [1.54, 1.807) is 0 Å². The van der Waals surface area contributed by atoms with Crippen molar-refractivity contribution in [2.75, 3.05) is 6.54 Å². The molecule has 4 N–H and O–H groups in total. The number of hydrogen-bond acceptors (Lipinski definition) is 3. The second kappa shape index (κ2) is 7.54. The minimum absolute atomic E-state index is 0.0175. The van der Waals surface area contributed by atoms with E-state index in [-0.39, 0.29) is 6.04 Å². The third-order valence-electron chi connectivity index (χ3n) is 4.08.